The molecule has 0 saturated carbocycles. The van der Waals surface area contributed by atoms with Crippen LogP contribution in [-0.2, 0) is 20.3 Å². The van der Waals surface area contributed by atoms with Crippen molar-refractivity contribution in [3.8, 4) is 11.5 Å². The zero-order valence-corrected chi connectivity index (χ0v) is 23.1. The van der Waals surface area contributed by atoms with Gasteiger partial charge in [-0.3, -0.25) is 4.79 Å². The summed E-state index contributed by atoms with van der Waals surface area (Å²) in [5.41, 5.74) is 1.30. The SMILES string of the molecule is COCCCOc1cc(C(=O)N(CC2CNCC2CS(=O)(=O)Cc2ccccc2)C(C)C)ccc1OC. The maximum Gasteiger partial charge on any atom is 0.254 e. The normalized spacial score (nSPS) is 17.6. The van der Waals surface area contributed by atoms with Crippen molar-refractivity contribution in [3.05, 3.63) is 59.7 Å². The van der Waals surface area contributed by atoms with E-state index in [2.05, 4.69) is 5.32 Å². The molecule has 0 radical (unpaired) electrons. The Hall–Kier alpha value is -2.62. The first-order chi connectivity index (χ1) is 17.7. The van der Waals surface area contributed by atoms with E-state index in [0.717, 1.165) is 12.0 Å². The van der Waals surface area contributed by atoms with E-state index in [1.165, 1.54) is 0 Å². The number of methoxy groups -OCH3 is 2. The summed E-state index contributed by atoms with van der Waals surface area (Å²) in [5.74, 6) is 1.08. The smallest absolute Gasteiger partial charge is 0.254 e. The number of nitrogens with zero attached hydrogens (tertiary/aromatic N) is 1. The number of amides is 1. The minimum atomic E-state index is -3.29. The second-order valence-electron chi connectivity index (χ2n) is 9.83. The van der Waals surface area contributed by atoms with Gasteiger partial charge in [0, 0.05) is 44.8 Å². The van der Waals surface area contributed by atoms with Gasteiger partial charge < -0.3 is 24.4 Å². The van der Waals surface area contributed by atoms with Crippen molar-refractivity contribution in [3.63, 3.8) is 0 Å². The van der Waals surface area contributed by atoms with Crippen molar-refractivity contribution in [1.29, 1.82) is 0 Å². The number of carbonyl (C=O) groups is 1. The van der Waals surface area contributed by atoms with Gasteiger partial charge in [0.1, 0.15) is 0 Å². The summed E-state index contributed by atoms with van der Waals surface area (Å²) in [6, 6.07) is 14.4. The fourth-order valence-corrected chi connectivity index (χ4v) is 6.52. The van der Waals surface area contributed by atoms with Crippen LogP contribution in [0.25, 0.3) is 0 Å². The highest BCUT2D eigenvalue weighted by atomic mass is 32.2. The van der Waals surface area contributed by atoms with Crippen LogP contribution in [0.1, 0.15) is 36.2 Å². The summed E-state index contributed by atoms with van der Waals surface area (Å²) in [7, 11) is -0.0785. The maximum absolute atomic E-state index is 13.6. The van der Waals surface area contributed by atoms with Crippen LogP contribution < -0.4 is 14.8 Å². The second-order valence-corrected chi connectivity index (χ2v) is 11.9. The molecule has 1 saturated heterocycles. The molecule has 0 aromatic heterocycles. The van der Waals surface area contributed by atoms with Crippen LogP contribution in [0.5, 0.6) is 11.5 Å². The van der Waals surface area contributed by atoms with Crippen LogP contribution >= 0.6 is 0 Å². The number of rotatable bonds is 14. The summed E-state index contributed by atoms with van der Waals surface area (Å²) in [4.78, 5) is 15.4. The number of benzene rings is 2. The molecule has 0 spiro atoms. The van der Waals surface area contributed by atoms with Crippen LogP contribution in [0, 0.1) is 11.8 Å². The van der Waals surface area contributed by atoms with E-state index < -0.39 is 9.84 Å². The molecule has 0 aliphatic carbocycles. The predicted octanol–water partition coefficient (Wildman–Crippen LogP) is 3.41. The molecule has 1 aliphatic rings. The summed E-state index contributed by atoms with van der Waals surface area (Å²) >= 11 is 0. The largest absolute Gasteiger partial charge is 0.493 e. The Morgan fingerprint density at radius 3 is 2.43 bits per heavy atom. The predicted molar refractivity (Wildman–Crippen MR) is 145 cm³/mol. The van der Waals surface area contributed by atoms with E-state index in [4.69, 9.17) is 14.2 Å². The van der Waals surface area contributed by atoms with Crippen LogP contribution in [-0.4, -0.2) is 78.1 Å². The third-order valence-corrected chi connectivity index (χ3v) is 8.36. The van der Waals surface area contributed by atoms with Gasteiger partial charge in [-0.2, -0.15) is 0 Å². The van der Waals surface area contributed by atoms with Gasteiger partial charge in [-0.05, 0) is 56.0 Å². The van der Waals surface area contributed by atoms with Gasteiger partial charge >= 0.3 is 0 Å². The number of carbonyl (C=O) groups excluding carboxylic acids is 1. The number of ether oxygens (including phenoxy) is 3. The van der Waals surface area contributed by atoms with Crippen LogP contribution in [0.4, 0.5) is 0 Å². The fourth-order valence-electron chi connectivity index (χ4n) is 4.66. The molecular formula is C28H40N2O6S. The highest BCUT2D eigenvalue weighted by Gasteiger charge is 2.34. The average Bonchev–Trinajstić information content (AvgIpc) is 3.30. The average molecular weight is 533 g/mol. The van der Waals surface area contributed by atoms with Crippen molar-refractivity contribution in [2.45, 2.75) is 32.1 Å². The fraction of sp³-hybridized carbons (Fsp3) is 0.536. The molecule has 2 unspecified atom stereocenters. The first-order valence-electron chi connectivity index (χ1n) is 12.8. The monoisotopic (exact) mass is 532 g/mol. The first-order valence-corrected chi connectivity index (χ1v) is 14.6. The molecule has 1 heterocycles. The van der Waals surface area contributed by atoms with E-state index in [-0.39, 0.29) is 35.3 Å². The van der Waals surface area contributed by atoms with Crippen LogP contribution in [0.15, 0.2) is 48.5 Å². The topological polar surface area (TPSA) is 94.2 Å². The van der Waals surface area contributed by atoms with Crippen molar-refractivity contribution < 1.29 is 27.4 Å². The molecule has 204 valence electrons. The highest BCUT2D eigenvalue weighted by Crippen LogP contribution is 2.30. The molecule has 1 N–H and O–H groups in total. The standard InChI is InChI=1S/C28H40N2O6S/c1-21(2)30(28(31)23-11-12-26(35-4)27(15-23)36-14-8-13-34-3)18-24-16-29-17-25(24)20-37(32,33)19-22-9-6-5-7-10-22/h5-7,9-12,15,21,24-25,29H,8,13-14,16-20H2,1-4H3. The van der Waals surface area contributed by atoms with Crippen molar-refractivity contribution >= 4 is 15.7 Å². The Labute approximate surface area is 221 Å². The quantitative estimate of drug-likeness (QED) is 0.373. The molecule has 3 rings (SSSR count). The van der Waals surface area contributed by atoms with E-state index >= 15 is 0 Å². The van der Waals surface area contributed by atoms with Gasteiger partial charge in [-0.1, -0.05) is 30.3 Å². The zero-order chi connectivity index (χ0) is 26.8. The Balaban J connectivity index is 1.70. The van der Waals surface area contributed by atoms with E-state index in [0.29, 0.717) is 49.9 Å². The first kappa shape index (κ1) is 28.9. The van der Waals surface area contributed by atoms with Crippen LogP contribution in [0.2, 0.25) is 0 Å². The Bertz CT molecular complexity index is 1110. The Kier molecular flexibility index (Phi) is 10.8. The van der Waals surface area contributed by atoms with Gasteiger partial charge in [0.25, 0.3) is 5.91 Å². The number of hydrogen-bond acceptors (Lipinski definition) is 7. The number of nitrogens with one attached hydrogen (secondary N) is 1. The molecular weight excluding hydrogens is 492 g/mol. The van der Waals surface area contributed by atoms with Gasteiger partial charge in [0.15, 0.2) is 21.3 Å². The van der Waals surface area contributed by atoms with E-state index in [1.807, 2.05) is 49.1 Å². The molecule has 2 aromatic rings. The lowest BCUT2D eigenvalue weighted by molar-refractivity contribution is 0.0665. The van der Waals surface area contributed by atoms with E-state index in [1.54, 1.807) is 32.4 Å². The maximum atomic E-state index is 13.6. The summed E-state index contributed by atoms with van der Waals surface area (Å²) < 4.78 is 42.3. The molecule has 1 fully saturated rings. The molecule has 37 heavy (non-hydrogen) atoms. The van der Waals surface area contributed by atoms with Gasteiger partial charge in [0.2, 0.25) is 0 Å². The minimum absolute atomic E-state index is 0.0306. The van der Waals surface area contributed by atoms with Crippen molar-refractivity contribution in [2.75, 3.05) is 52.8 Å². The van der Waals surface area contributed by atoms with Crippen molar-refractivity contribution in [1.82, 2.24) is 10.2 Å². The third-order valence-electron chi connectivity index (χ3n) is 6.65. The Morgan fingerprint density at radius 2 is 1.76 bits per heavy atom. The lowest BCUT2D eigenvalue weighted by Gasteiger charge is -2.31. The van der Waals surface area contributed by atoms with E-state index in [9.17, 15) is 13.2 Å². The molecule has 9 heteroatoms. The number of sulfone groups is 1. The molecule has 0 bridgehead atoms. The minimum Gasteiger partial charge on any atom is -0.493 e. The highest BCUT2D eigenvalue weighted by molar-refractivity contribution is 7.90. The van der Waals surface area contributed by atoms with Crippen molar-refractivity contribution in [2.24, 2.45) is 11.8 Å². The molecule has 1 amide bonds. The number of hydrogen-bond donors (Lipinski definition) is 1. The molecule has 8 nitrogen and oxygen atoms in total. The third kappa shape index (κ3) is 8.45. The molecule has 2 atom stereocenters. The summed E-state index contributed by atoms with van der Waals surface area (Å²) in [6.07, 6.45) is 0.721. The lowest BCUT2D eigenvalue weighted by Crippen LogP contribution is -2.42. The molecule has 1 aliphatic heterocycles. The zero-order valence-electron chi connectivity index (χ0n) is 22.3. The van der Waals surface area contributed by atoms with Gasteiger partial charge in [-0.15, -0.1) is 0 Å². The van der Waals surface area contributed by atoms with Crippen LogP contribution in [0.3, 0.4) is 0 Å². The van der Waals surface area contributed by atoms with Gasteiger partial charge in [0.05, 0.1) is 25.2 Å². The molecule has 2 aromatic carbocycles. The van der Waals surface area contributed by atoms with Gasteiger partial charge in [-0.25, -0.2) is 8.42 Å². The second kappa shape index (κ2) is 13.8. The Morgan fingerprint density at radius 1 is 1.03 bits per heavy atom. The summed E-state index contributed by atoms with van der Waals surface area (Å²) in [5, 5.41) is 3.34. The summed E-state index contributed by atoms with van der Waals surface area (Å²) in [6.45, 7) is 6.77. The lowest BCUT2D eigenvalue weighted by atomic mass is 9.96.